The molecule has 4 nitrogen and oxygen atoms in total. The van der Waals surface area contributed by atoms with Crippen molar-refractivity contribution in [2.24, 2.45) is 0 Å². The molecule has 1 aliphatic heterocycles. The molecule has 83 valence electrons. The molecule has 0 atom stereocenters. The minimum atomic E-state index is -0.0901. The van der Waals surface area contributed by atoms with E-state index in [4.69, 9.17) is 0 Å². The van der Waals surface area contributed by atoms with E-state index in [2.05, 4.69) is 16.5 Å². The molecule has 16 heavy (non-hydrogen) atoms. The number of hydrogen-bond acceptors (Lipinski definition) is 3. The molecule has 4 heteroatoms. The lowest BCUT2D eigenvalue weighted by Crippen LogP contribution is -2.44. The van der Waals surface area contributed by atoms with Crippen molar-refractivity contribution in [3.05, 3.63) is 41.7 Å². The number of hydrogen-bond donors (Lipinski definition) is 1. The SMILES string of the molecule is CC1=[C]C(=O)N(NCc2cccnc2)CC1. The fourth-order valence-corrected chi connectivity index (χ4v) is 1.53. The molecule has 1 N–H and O–H groups in total. The van der Waals surface area contributed by atoms with Gasteiger partial charge in [0, 0.05) is 25.5 Å². The molecular formula is C12H14N3O. The van der Waals surface area contributed by atoms with E-state index in [1.165, 1.54) is 0 Å². The molecule has 0 aromatic carbocycles. The number of carbonyl (C=O) groups excluding carboxylic acids is 1. The number of carbonyl (C=O) groups is 1. The van der Waals surface area contributed by atoms with E-state index in [1.807, 2.05) is 19.1 Å². The highest BCUT2D eigenvalue weighted by Gasteiger charge is 2.16. The van der Waals surface area contributed by atoms with Crippen LogP contribution in [-0.2, 0) is 11.3 Å². The molecule has 0 saturated carbocycles. The predicted octanol–water partition coefficient (Wildman–Crippen LogP) is 1.07. The van der Waals surface area contributed by atoms with Gasteiger partial charge < -0.3 is 0 Å². The highest BCUT2D eigenvalue weighted by molar-refractivity contribution is 5.84. The molecule has 2 rings (SSSR count). The Labute approximate surface area is 95.0 Å². The first-order valence-corrected chi connectivity index (χ1v) is 5.29. The van der Waals surface area contributed by atoms with Gasteiger partial charge in [-0.05, 0) is 25.0 Å². The Morgan fingerprint density at radius 1 is 1.62 bits per heavy atom. The Kier molecular flexibility index (Phi) is 3.31. The summed E-state index contributed by atoms with van der Waals surface area (Å²) in [6, 6.07) is 3.85. The van der Waals surface area contributed by atoms with E-state index in [9.17, 15) is 4.79 Å². The zero-order valence-corrected chi connectivity index (χ0v) is 9.23. The Morgan fingerprint density at radius 2 is 2.50 bits per heavy atom. The molecule has 0 aliphatic carbocycles. The lowest BCUT2D eigenvalue weighted by Gasteiger charge is -2.25. The maximum Gasteiger partial charge on any atom is 0.268 e. The van der Waals surface area contributed by atoms with Crippen LogP contribution in [0.15, 0.2) is 30.1 Å². The molecule has 2 heterocycles. The monoisotopic (exact) mass is 216 g/mol. The summed E-state index contributed by atoms with van der Waals surface area (Å²) in [5.74, 6) is -0.0901. The average Bonchev–Trinajstić information content (AvgIpc) is 2.29. The Morgan fingerprint density at radius 3 is 3.19 bits per heavy atom. The normalized spacial score (nSPS) is 16.2. The van der Waals surface area contributed by atoms with E-state index in [-0.39, 0.29) is 5.91 Å². The lowest BCUT2D eigenvalue weighted by atomic mass is 10.1. The second-order valence-corrected chi connectivity index (χ2v) is 3.81. The van der Waals surface area contributed by atoms with Crippen LogP contribution in [0.1, 0.15) is 18.9 Å². The maximum absolute atomic E-state index is 11.5. The van der Waals surface area contributed by atoms with Crippen molar-refractivity contribution < 1.29 is 4.79 Å². The van der Waals surface area contributed by atoms with Crippen LogP contribution >= 0.6 is 0 Å². The average molecular weight is 216 g/mol. The number of nitrogens with one attached hydrogen (secondary N) is 1. The largest absolute Gasteiger partial charge is 0.273 e. The van der Waals surface area contributed by atoms with Crippen LogP contribution in [-0.4, -0.2) is 22.4 Å². The molecule has 1 amide bonds. The third-order valence-corrected chi connectivity index (χ3v) is 2.47. The molecular weight excluding hydrogens is 202 g/mol. The van der Waals surface area contributed by atoms with Crippen LogP contribution in [0.2, 0.25) is 0 Å². The fraction of sp³-hybridized carbons (Fsp3) is 0.333. The number of aromatic nitrogens is 1. The third-order valence-electron chi connectivity index (χ3n) is 2.47. The quantitative estimate of drug-likeness (QED) is 0.822. The summed E-state index contributed by atoms with van der Waals surface area (Å²) in [6.45, 7) is 3.24. The van der Waals surface area contributed by atoms with Crippen molar-refractivity contribution in [1.82, 2.24) is 15.4 Å². The molecule has 0 saturated heterocycles. The number of rotatable bonds is 3. The van der Waals surface area contributed by atoms with Crippen molar-refractivity contribution in [3.63, 3.8) is 0 Å². The molecule has 0 fully saturated rings. The maximum atomic E-state index is 11.5. The van der Waals surface area contributed by atoms with Gasteiger partial charge >= 0.3 is 0 Å². The fourth-order valence-electron chi connectivity index (χ4n) is 1.53. The van der Waals surface area contributed by atoms with Gasteiger partial charge in [0.15, 0.2) is 0 Å². The van der Waals surface area contributed by atoms with Gasteiger partial charge in [0.1, 0.15) is 0 Å². The molecule has 1 aromatic heterocycles. The summed E-state index contributed by atoms with van der Waals surface area (Å²) in [4.78, 5) is 15.6. The van der Waals surface area contributed by atoms with E-state index < -0.39 is 0 Å². The van der Waals surface area contributed by atoms with Gasteiger partial charge in [-0.3, -0.25) is 14.8 Å². The summed E-state index contributed by atoms with van der Waals surface area (Å²) in [5.41, 5.74) is 5.15. The minimum absolute atomic E-state index is 0.0901. The summed E-state index contributed by atoms with van der Waals surface area (Å²) < 4.78 is 0. The number of pyridine rings is 1. The third kappa shape index (κ3) is 2.67. The van der Waals surface area contributed by atoms with Crippen LogP contribution in [0.25, 0.3) is 0 Å². The first-order chi connectivity index (χ1) is 7.75. The first-order valence-electron chi connectivity index (χ1n) is 5.29. The van der Waals surface area contributed by atoms with E-state index in [0.717, 1.165) is 17.6 Å². The smallest absolute Gasteiger partial charge is 0.268 e. The van der Waals surface area contributed by atoms with Crippen molar-refractivity contribution >= 4 is 5.91 Å². The van der Waals surface area contributed by atoms with Crippen LogP contribution in [0, 0.1) is 6.08 Å². The van der Waals surface area contributed by atoms with Crippen LogP contribution in [0.3, 0.4) is 0 Å². The first kappa shape index (κ1) is 10.8. The number of amides is 1. The summed E-state index contributed by atoms with van der Waals surface area (Å²) in [6.07, 6.45) is 7.19. The molecule has 0 unspecified atom stereocenters. The minimum Gasteiger partial charge on any atom is -0.273 e. The van der Waals surface area contributed by atoms with Gasteiger partial charge in [-0.1, -0.05) is 11.6 Å². The van der Waals surface area contributed by atoms with Gasteiger partial charge in [-0.2, -0.15) is 0 Å². The summed E-state index contributed by atoms with van der Waals surface area (Å²) >= 11 is 0. The highest BCUT2D eigenvalue weighted by Crippen LogP contribution is 2.08. The van der Waals surface area contributed by atoms with Crippen molar-refractivity contribution in [2.75, 3.05) is 6.54 Å². The number of nitrogens with zero attached hydrogens (tertiary/aromatic N) is 2. The van der Waals surface area contributed by atoms with Crippen LogP contribution in [0.4, 0.5) is 0 Å². The van der Waals surface area contributed by atoms with Crippen LogP contribution < -0.4 is 5.43 Å². The summed E-state index contributed by atoms with van der Waals surface area (Å²) in [7, 11) is 0. The summed E-state index contributed by atoms with van der Waals surface area (Å²) in [5, 5.41) is 1.60. The molecule has 1 aliphatic rings. The Bertz CT molecular complexity index is 400. The number of hydrazine groups is 1. The molecule has 1 radical (unpaired) electrons. The van der Waals surface area contributed by atoms with Crippen molar-refractivity contribution in [2.45, 2.75) is 19.9 Å². The van der Waals surface area contributed by atoms with Gasteiger partial charge in [0.25, 0.3) is 5.91 Å². The second-order valence-electron chi connectivity index (χ2n) is 3.81. The van der Waals surface area contributed by atoms with Crippen LogP contribution in [0.5, 0.6) is 0 Å². The highest BCUT2D eigenvalue weighted by atomic mass is 16.2. The van der Waals surface area contributed by atoms with Crippen molar-refractivity contribution in [3.8, 4) is 0 Å². The second kappa shape index (κ2) is 4.90. The lowest BCUT2D eigenvalue weighted by molar-refractivity contribution is -0.130. The zero-order chi connectivity index (χ0) is 11.4. The van der Waals surface area contributed by atoms with Gasteiger partial charge in [0.05, 0.1) is 6.08 Å². The van der Waals surface area contributed by atoms with E-state index in [0.29, 0.717) is 13.1 Å². The Balaban J connectivity index is 1.90. The molecule has 1 aromatic rings. The topological polar surface area (TPSA) is 45.2 Å². The van der Waals surface area contributed by atoms with E-state index in [1.54, 1.807) is 17.4 Å². The van der Waals surface area contributed by atoms with Gasteiger partial charge in [-0.25, -0.2) is 5.43 Å². The van der Waals surface area contributed by atoms with Gasteiger partial charge in [0.2, 0.25) is 0 Å². The zero-order valence-electron chi connectivity index (χ0n) is 9.23. The predicted molar refractivity (Wildman–Crippen MR) is 59.8 cm³/mol. The Hall–Kier alpha value is -1.68. The molecule has 0 bridgehead atoms. The van der Waals surface area contributed by atoms with E-state index >= 15 is 0 Å². The van der Waals surface area contributed by atoms with Gasteiger partial charge in [-0.15, -0.1) is 0 Å². The standard InChI is InChI=1S/C12H14N3O/c1-10-4-6-15(12(16)7-10)14-9-11-3-2-5-13-8-11/h2-3,5,8,14H,4,6,9H2,1H3. The molecule has 0 spiro atoms. The van der Waals surface area contributed by atoms with Crippen molar-refractivity contribution in [1.29, 1.82) is 0 Å².